The van der Waals surface area contributed by atoms with Crippen LogP contribution in [0.4, 0.5) is 0 Å². The molecule has 1 aliphatic rings. The van der Waals surface area contributed by atoms with Crippen molar-refractivity contribution in [1.82, 2.24) is 14.9 Å². The molecular formula is C31H39N3O2. The number of aromatic nitrogens is 2. The summed E-state index contributed by atoms with van der Waals surface area (Å²) in [5.74, 6) is -0.281. The number of aryl methyl sites for hydroxylation is 2. The molecule has 0 aliphatic carbocycles. The average molecular weight is 486 g/mol. The zero-order chi connectivity index (χ0) is 25.7. The summed E-state index contributed by atoms with van der Waals surface area (Å²) >= 11 is 0. The smallest absolute Gasteiger partial charge is 0.303 e. The van der Waals surface area contributed by atoms with Crippen LogP contribution in [0.2, 0.25) is 0 Å². The molecule has 2 aromatic carbocycles. The van der Waals surface area contributed by atoms with Gasteiger partial charge in [0, 0.05) is 30.5 Å². The summed E-state index contributed by atoms with van der Waals surface area (Å²) < 4.78 is 0. The molecule has 1 unspecified atom stereocenters. The zero-order valence-corrected chi connectivity index (χ0v) is 22.1. The third kappa shape index (κ3) is 6.19. The molecule has 0 radical (unpaired) electrons. The highest BCUT2D eigenvalue weighted by atomic mass is 16.4. The topological polar surface area (TPSA) is 66.3 Å². The summed E-state index contributed by atoms with van der Waals surface area (Å²) in [7, 11) is 0. The van der Waals surface area contributed by atoms with Gasteiger partial charge in [-0.3, -0.25) is 9.69 Å². The summed E-state index contributed by atoms with van der Waals surface area (Å²) in [6, 6.07) is 17.4. The first-order valence-electron chi connectivity index (χ1n) is 13.3. The Balaban J connectivity index is 1.65. The molecule has 0 saturated heterocycles. The summed E-state index contributed by atoms with van der Waals surface area (Å²) in [5, 5.41) is 8.86. The van der Waals surface area contributed by atoms with Crippen molar-refractivity contribution in [1.29, 1.82) is 0 Å². The van der Waals surface area contributed by atoms with Gasteiger partial charge in [-0.1, -0.05) is 86.3 Å². The van der Waals surface area contributed by atoms with Crippen LogP contribution < -0.4 is 0 Å². The second kappa shape index (κ2) is 11.8. The summed E-state index contributed by atoms with van der Waals surface area (Å²) in [6.07, 6.45) is 5.05. The van der Waals surface area contributed by atoms with E-state index in [9.17, 15) is 4.79 Å². The minimum absolute atomic E-state index is 0.233. The molecule has 0 amide bonds. The van der Waals surface area contributed by atoms with Crippen molar-refractivity contribution in [2.75, 3.05) is 13.1 Å². The Labute approximate surface area is 215 Å². The van der Waals surface area contributed by atoms with E-state index < -0.39 is 5.97 Å². The fourth-order valence-electron chi connectivity index (χ4n) is 5.22. The number of benzene rings is 2. The molecule has 0 spiro atoms. The lowest BCUT2D eigenvalue weighted by Crippen LogP contribution is -2.40. The molecule has 1 aromatic heterocycles. The van der Waals surface area contributed by atoms with Crippen LogP contribution in [0.15, 0.2) is 48.5 Å². The third-order valence-electron chi connectivity index (χ3n) is 7.18. The quantitative estimate of drug-likeness (QED) is 0.313. The third-order valence-corrected chi connectivity index (χ3v) is 7.18. The Kier molecular flexibility index (Phi) is 8.52. The fraction of sp³-hybridized carbons (Fsp3) is 0.452. The first-order chi connectivity index (χ1) is 17.3. The van der Waals surface area contributed by atoms with Gasteiger partial charge in [0.15, 0.2) is 0 Å². The van der Waals surface area contributed by atoms with Crippen LogP contribution in [0, 0.1) is 19.8 Å². The number of unbranched alkanes of at least 4 members (excludes halogenated alkanes) is 3. The second-order valence-electron chi connectivity index (χ2n) is 10.5. The molecule has 4 rings (SSSR count). The van der Waals surface area contributed by atoms with Crippen LogP contribution in [0.1, 0.15) is 74.5 Å². The normalized spacial score (nSPS) is 15.8. The van der Waals surface area contributed by atoms with Crippen LogP contribution in [-0.2, 0) is 11.2 Å². The Hall–Kier alpha value is -3.05. The number of hydrogen-bond donors (Lipinski definition) is 1. The predicted molar refractivity (Wildman–Crippen MR) is 146 cm³/mol. The lowest BCUT2D eigenvalue weighted by molar-refractivity contribution is -0.137. The van der Waals surface area contributed by atoms with E-state index in [2.05, 4.69) is 81.1 Å². The van der Waals surface area contributed by atoms with Gasteiger partial charge < -0.3 is 5.11 Å². The summed E-state index contributed by atoms with van der Waals surface area (Å²) in [6.45, 7) is 10.8. The molecule has 0 saturated carbocycles. The average Bonchev–Trinajstić information content (AvgIpc) is 2.85. The minimum Gasteiger partial charge on any atom is -0.481 e. The van der Waals surface area contributed by atoms with Gasteiger partial charge in [0.25, 0.3) is 0 Å². The maximum atomic E-state index is 10.8. The SMILES string of the molecule is Cc1ccc(-c2nc3c(nc2-c2ccc(C)cc2)C(C(C)C)N(CCCCCCC(=O)O)CC3)cc1. The molecule has 1 N–H and O–H groups in total. The van der Waals surface area contributed by atoms with E-state index in [0.29, 0.717) is 5.92 Å². The molecular weight excluding hydrogens is 446 g/mol. The molecule has 5 nitrogen and oxygen atoms in total. The van der Waals surface area contributed by atoms with E-state index in [1.165, 1.54) is 11.1 Å². The van der Waals surface area contributed by atoms with Gasteiger partial charge in [-0.15, -0.1) is 0 Å². The van der Waals surface area contributed by atoms with Crippen molar-refractivity contribution < 1.29 is 9.90 Å². The molecule has 5 heteroatoms. The number of fused-ring (bicyclic) bond motifs is 1. The van der Waals surface area contributed by atoms with Crippen LogP contribution in [-0.4, -0.2) is 39.0 Å². The minimum atomic E-state index is -0.699. The number of carboxylic acids is 1. The molecule has 0 fully saturated rings. The molecule has 3 aromatic rings. The standard InChI is InChI=1S/C31H39N3O2/c1-21(2)31-30-26(18-20-34(31)19-8-6-5-7-9-27(35)36)32-28(24-14-10-22(3)11-15-24)29(33-30)25-16-12-23(4)13-17-25/h10-17,21,31H,5-9,18-20H2,1-4H3,(H,35,36). The number of nitrogens with zero attached hydrogens (tertiary/aromatic N) is 3. The number of carboxylic acid groups (broad SMARTS) is 1. The van der Waals surface area contributed by atoms with Crippen LogP contribution in [0.3, 0.4) is 0 Å². The van der Waals surface area contributed by atoms with E-state index in [0.717, 1.165) is 79.1 Å². The van der Waals surface area contributed by atoms with E-state index in [4.69, 9.17) is 15.1 Å². The lowest BCUT2D eigenvalue weighted by Gasteiger charge is -2.39. The van der Waals surface area contributed by atoms with Crippen LogP contribution in [0.25, 0.3) is 22.5 Å². The Bertz CT molecular complexity index is 1170. The van der Waals surface area contributed by atoms with Crippen molar-refractivity contribution in [3.05, 3.63) is 71.0 Å². The summed E-state index contributed by atoms with van der Waals surface area (Å²) in [5.41, 5.74) is 8.84. The first-order valence-corrected chi connectivity index (χ1v) is 13.3. The highest BCUT2D eigenvalue weighted by Crippen LogP contribution is 2.38. The van der Waals surface area contributed by atoms with Crippen molar-refractivity contribution in [2.45, 2.75) is 72.3 Å². The number of carbonyl (C=O) groups is 1. The Morgan fingerprint density at radius 3 is 2.00 bits per heavy atom. The van der Waals surface area contributed by atoms with Gasteiger partial charge >= 0.3 is 5.97 Å². The maximum Gasteiger partial charge on any atom is 0.303 e. The van der Waals surface area contributed by atoms with Gasteiger partial charge in [0.1, 0.15) is 0 Å². The number of aliphatic carboxylic acids is 1. The van der Waals surface area contributed by atoms with Gasteiger partial charge in [0.2, 0.25) is 0 Å². The second-order valence-corrected chi connectivity index (χ2v) is 10.5. The van der Waals surface area contributed by atoms with Crippen molar-refractivity contribution in [3.8, 4) is 22.5 Å². The van der Waals surface area contributed by atoms with E-state index >= 15 is 0 Å². The van der Waals surface area contributed by atoms with Gasteiger partial charge in [-0.2, -0.15) is 0 Å². The predicted octanol–water partition coefficient (Wildman–Crippen LogP) is 7.02. The van der Waals surface area contributed by atoms with Gasteiger partial charge in [-0.05, 0) is 39.2 Å². The number of hydrogen-bond acceptors (Lipinski definition) is 4. The zero-order valence-electron chi connectivity index (χ0n) is 22.1. The molecule has 190 valence electrons. The molecule has 0 bridgehead atoms. The van der Waals surface area contributed by atoms with E-state index in [-0.39, 0.29) is 12.5 Å². The maximum absolute atomic E-state index is 10.8. The largest absolute Gasteiger partial charge is 0.481 e. The number of rotatable bonds is 10. The molecule has 1 atom stereocenters. The molecule has 1 aliphatic heterocycles. The molecule has 2 heterocycles. The summed E-state index contributed by atoms with van der Waals surface area (Å²) in [4.78, 5) is 24.0. The first kappa shape index (κ1) is 26.0. The van der Waals surface area contributed by atoms with Crippen molar-refractivity contribution in [3.63, 3.8) is 0 Å². The Morgan fingerprint density at radius 2 is 1.44 bits per heavy atom. The fourth-order valence-corrected chi connectivity index (χ4v) is 5.22. The van der Waals surface area contributed by atoms with Crippen LogP contribution >= 0.6 is 0 Å². The monoisotopic (exact) mass is 485 g/mol. The highest BCUT2D eigenvalue weighted by Gasteiger charge is 2.33. The van der Waals surface area contributed by atoms with Gasteiger partial charge in [-0.25, -0.2) is 9.97 Å². The van der Waals surface area contributed by atoms with Crippen molar-refractivity contribution in [2.24, 2.45) is 5.92 Å². The van der Waals surface area contributed by atoms with Gasteiger partial charge in [0.05, 0.1) is 28.8 Å². The highest BCUT2D eigenvalue weighted by molar-refractivity contribution is 5.78. The van der Waals surface area contributed by atoms with E-state index in [1.807, 2.05) is 0 Å². The van der Waals surface area contributed by atoms with Crippen LogP contribution in [0.5, 0.6) is 0 Å². The molecule has 36 heavy (non-hydrogen) atoms. The Morgan fingerprint density at radius 1 is 0.889 bits per heavy atom. The van der Waals surface area contributed by atoms with Crippen molar-refractivity contribution >= 4 is 5.97 Å². The van der Waals surface area contributed by atoms with E-state index in [1.54, 1.807) is 0 Å². The lowest BCUT2D eigenvalue weighted by atomic mass is 9.91.